The van der Waals surface area contributed by atoms with Crippen molar-refractivity contribution in [3.63, 3.8) is 0 Å². The summed E-state index contributed by atoms with van der Waals surface area (Å²) in [4.78, 5) is 17.1. The molecule has 1 N–H and O–H groups in total. The maximum atomic E-state index is 4.52. The standard InChI is InChI=1S/C16H24N6/c1-5-22(6-2)15-8-7-13(11-18-15)10-17-14-9-16(21(3)4)20-12-19-14/h7-9,11-12H,5-6,10H2,1-4H3,(H,17,19,20). The van der Waals surface area contributed by atoms with Gasteiger partial charge in [0, 0.05) is 46.0 Å². The fourth-order valence-corrected chi connectivity index (χ4v) is 2.14. The van der Waals surface area contributed by atoms with E-state index in [1.807, 2.05) is 31.3 Å². The Bertz CT molecular complexity index is 577. The highest BCUT2D eigenvalue weighted by Crippen LogP contribution is 2.14. The minimum absolute atomic E-state index is 0.690. The molecule has 0 bridgehead atoms. The van der Waals surface area contributed by atoms with Gasteiger partial charge in [0.1, 0.15) is 23.8 Å². The van der Waals surface area contributed by atoms with Crippen LogP contribution in [0.25, 0.3) is 0 Å². The summed E-state index contributed by atoms with van der Waals surface area (Å²) >= 11 is 0. The molecule has 118 valence electrons. The molecule has 2 aromatic heterocycles. The van der Waals surface area contributed by atoms with E-state index < -0.39 is 0 Å². The second-order valence-electron chi connectivity index (χ2n) is 5.21. The molecule has 22 heavy (non-hydrogen) atoms. The zero-order valence-corrected chi connectivity index (χ0v) is 13.7. The first-order valence-electron chi connectivity index (χ1n) is 7.57. The maximum absolute atomic E-state index is 4.52. The highest BCUT2D eigenvalue weighted by molar-refractivity contribution is 5.48. The van der Waals surface area contributed by atoms with Gasteiger partial charge in [0.25, 0.3) is 0 Å². The zero-order chi connectivity index (χ0) is 15.9. The lowest BCUT2D eigenvalue weighted by molar-refractivity contribution is 0.844. The molecule has 2 heterocycles. The summed E-state index contributed by atoms with van der Waals surface area (Å²) in [6.45, 7) is 6.90. The van der Waals surface area contributed by atoms with E-state index in [9.17, 15) is 0 Å². The van der Waals surface area contributed by atoms with Gasteiger partial charge in [0.05, 0.1) is 0 Å². The van der Waals surface area contributed by atoms with Crippen molar-refractivity contribution in [2.24, 2.45) is 0 Å². The monoisotopic (exact) mass is 300 g/mol. The van der Waals surface area contributed by atoms with Crippen molar-refractivity contribution in [2.75, 3.05) is 42.3 Å². The minimum atomic E-state index is 0.690. The molecule has 0 atom stereocenters. The molecule has 0 radical (unpaired) electrons. The maximum Gasteiger partial charge on any atom is 0.133 e. The van der Waals surface area contributed by atoms with Crippen molar-refractivity contribution >= 4 is 17.5 Å². The number of hydrogen-bond acceptors (Lipinski definition) is 6. The predicted octanol–water partition coefficient (Wildman–Crippen LogP) is 2.40. The van der Waals surface area contributed by atoms with Crippen molar-refractivity contribution in [3.05, 3.63) is 36.3 Å². The predicted molar refractivity (Wildman–Crippen MR) is 91.5 cm³/mol. The summed E-state index contributed by atoms with van der Waals surface area (Å²) in [5.74, 6) is 2.71. The largest absolute Gasteiger partial charge is 0.366 e. The fourth-order valence-electron chi connectivity index (χ4n) is 2.14. The molecule has 2 aromatic rings. The van der Waals surface area contributed by atoms with E-state index in [4.69, 9.17) is 0 Å². The van der Waals surface area contributed by atoms with E-state index in [0.717, 1.165) is 36.1 Å². The number of pyridine rings is 1. The van der Waals surface area contributed by atoms with Crippen molar-refractivity contribution < 1.29 is 0 Å². The molecular weight excluding hydrogens is 276 g/mol. The van der Waals surface area contributed by atoms with E-state index in [1.54, 1.807) is 6.33 Å². The molecule has 0 spiro atoms. The molecule has 0 aliphatic rings. The van der Waals surface area contributed by atoms with Crippen LogP contribution in [0.1, 0.15) is 19.4 Å². The lowest BCUT2D eigenvalue weighted by Crippen LogP contribution is -2.22. The van der Waals surface area contributed by atoms with Crippen LogP contribution in [0.15, 0.2) is 30.7 Å². The summed E-state index contributed by atoms with van der Waals surface area (Å²) in [6.07, 6.45) is 3.48. The highest BCUT2D eigenvalue weighted by Gasteiger charge is 2.04. The van der Waals surface area contributed by atoms with Crippen LogP contribution in [-0.2, 0) is 6.54 Å². The third-order valence-corrected chi connectivity index (χ3v) is 3.48. The first-order chi connectivity index (χ1) is 10.6. The molecule has 0 aromatic carbocycles. The van der Waals surface area contributed by atoms with Crippen molar-refractivity contribution in [1.82, 2.24) is 15.0 Å². The average molecular weight is 300 g/mol. The molecule has 0 fully saturated rings. The molecule has 0 saturated carbocycles. The number of nitrogens with one attached hydrogen (secondary N) is 1. The molecule has 6 heteroatoms. The summed E-state index contributed by atoms with van der Waals surface area (Å²) in [5, 5.41) is 3.30. The lowest BCUT2D eigenvalue weighted by atomic mass is 10.2. The topological polar surface area (TPSA) is 57.2 Å². The van der Waals surface area contributed by atoms with Gasteiger partial charge >= 0.3 is 0 Å². The Kier molecular flexibility index (Phi) is 5.52. The van der Waals surface area contributed by atoms with Crippen LogP contribution in [0.3, 0.4) is 0 Å². The van der Waals surface area contributed by atoms with Crippen LogP contribution >= 0.6 is 0 Å². The molecule has 0 aliphatic heterocycles. The summed E-state index contributed by atoms with van der Waals surface area (Å²) in [5.41, 5.74) is 1.13. The SMILES string of the molecule is CCN(CC)c1ccc(CNc2cc(N(C)C)ncn2)cn1. The number of anilines is 3. The Morgan fingerprint density at radius 2 is 1.77 bits per heavy atom. The Morgan fingerprint density at radius 1 is 1.00 bits per heavy atom. The van der Waals surface area contributed by atoms with Crippen LogP contribution < -0.4 is 15.1 Å². The van der Waals surface area contributed by atoms with Crippen LogP contribution in [0.4, 0.5) is 17.5 Å². The molecule has 0 amide bonds. The highest BCUT2D eigenvalue weighted by atomic mass is 15.2. The fraction of sp³-hybridized carbons (Fsp3) is 0.438. The van der Waals surface area contributed by atoms with Crippen LogP contribution in [-0.4, -0.2) is 42.1 Å². The minimum Gasteiger partial charge on any atom is -0.366 e. The van der Waals surface area contributed by atoms with Gasteiger partial charge in [0.15, 0.2) is 0 Å². The second kappa shape index (κ2) is 7.59. The lowest BCUT2D eigenvalue weighted by Gasteiger charge is -2.19. The van der Waals surface area contributed by atoms with E-state index in [-0.39, 0.29) is 0 Å². The molecule has 0 saturated heterocycles. The molecular formula is C16H24N6. The normalized spacial score (nSPS) is 10.4. The van der Waals surface area contributed by atoms with Crippen molar-refractivity contribution in [3.8, 4) is 0 Å². The first-order valence-corrected chi connectivity index (χ1v) is 7.57. The van der Waals surface area contributed by atoms with Crippen LogP contribution in [0.2, 0.25) is 0 Å². The number of rotatable bonds is 7. The average Bonchev–Trinajstić information content (AvgIpc) is 2.55. The van der Waals surface area contributed by atoms with Crippen molar-refractivity contribution in [2.45, 2.75) is 20.4 Å². The van der Waals surface area contributed by atoms with E-state index in [1.165, 1.54) is 0 Å². The van der Waals surface area contributed by atoms with E-state index in [0.29, 0.717) is 6.54 Å². The van der Waals surface area contributed by atoms with E-state index in [2.05, 4.69) is 51.1 Å². The van der Waals surface area contributed by atoms with Gasteiger partial charge in [-0.1, -0.05) is 6.07 Å². The quantitative estimate of drug-likeness (QED) is 0.847. The van der Waals surface area contributed by atoms with Gasteiger partial charge in [-0.15, -0.1) is 0 Å². The Hall–Kier alpha value is -2.37. The third-order valence-electron chi connectivity index (χ3n) is 3.48. The van der Waals surface area contributed by atoms with Gasteiger partial charge in [0.2, 0.25) is 0 Å². The Balaban J connectivity index is 1.98. The molecule has 6 nitrogen and oxygen atoms in total. The van der Waals surface area contributed by atoms with E-state index >= 15 is 0 Å². The van der Waals surface area contributed by atoms with Gasteiger partial charge < -0.3 is 15.1 Å². The summed E-state index contributed by atoms with van der Waals surface area (Å²) < 4.78 is 0. The van der Waals surface area contributed by atoms with Gasteiger partial charge in [-0.25, -0.2) is 15.0 Å². The van der Waals surface area contributed by atoms with Crippen LogP contribution in [0.5, 0.6) is 0 Å². The van der Waals surface area contributed by atoms with Gasteiger partial charge in [-0.2, -0.15) is 0 Å². The number of hydrogen-bond donors (Lipinski definition) is 1. The zero-order valence-electron chi connectivity index (χ0n) is 13.7. The van der Waals surface area contributed by atoms with Crippen LogP contribution in [0, 0.1) is 0 Å². The third kappa shape index (κ3) is 4.07. The van der Waals surface area contributed by atoms with Gasteiger partial charge in [-0.05, 0) is 25.5 Å². The van der Waals surface area contributed by atoms with Crippen molar-refractivity contribution in [1.29, 1.82) is 0 Å². The first kappa shape index (κ1) is 16.0. The number of aromatic nitrogens is 3. The smallest absolute Gasteiger partial charge is 0.133 e. The number of nitrogens with zero attached hydrogens (tertiary/aromatic N) is 5. The molecule has 2 rings (SSSR count). The summed E-state index contributed by atoms with van der Waals surface area (Å²) in [7, 11) is 3.92. The summed E-state index contributed by atoms with van der Waals surface area (Å²) in [6, 6.07) is 6.09. The molecule has 0 aliphatic carbocycles. The Labute approximate surface area is 132 Å². The second-order valence-corrected chi connectivity index (χ2v) is 5.21. The van der Waals surface area contributed by atoms with Gasteiger partial charge in [-0.3, -0.25) is 0 Å². The Morgan fingerprint density at radius 3 is 2.36 bits per heavy atom. The molecule has 0 unspecified atom stereocenters.